The Kier molecular flexibility index (Phi) is 2.69. The lowest BCUT2D eigenvalue weighted by atomic mass is 10.0. The first-order valence-electron chi connectivity index (χ1n) is 5.33. The van der Waals surface area contributed by atoms with Gasteiger partial charge in [0.15, 0.2) is 0 Å². The average molecular weight is 217 g/mol. The number of rotatable bonds is 2. The number of carbonyl (C=O) groups is 1. The molecule has 84 valence electrons. The highest BCUT2D eigenvalue weighted by atomic mass is 16.5. The molecule has 0 fully saturated rings. The van der Waals surface area contributed by atoms with E-state index in [4.69, 9.17) is 0 Å². The molecule has 3 nitrogen and oxygen atoms in total. The van der Waals surface area contributed by atoms with Gasteiger partial charge in [-0.15, -0.1) is 0 Å². The average Bonchev–Trinajstić information content (AvgIpc) is 2.70. The maximum absolute atomic E-state index is 11.3. The number of hydrogen-bond acceptors (Lipinski definition) is 2. The molecule has 0 aliphatic carbocycles. The Labute approximate surface area is 94.4 Å². The quantitative estimate of drug-likeness (QED) is 0.785. The number of benzene rings is 1. The second-order valence-electron chi connectivity index (χ2n) is 4.18. The van der Waals surface area contributed by atoms with Crippen molar-refractivity contribution in [2.24, 2.45) is 0 Å². The maximum Gasteiger partial charge on any atom is 0.354 e. The van der Waals surface area contributed by atoms with Crippen molar-refractivity contribution in [2.75, 3.05) is 7.11 Å². The third-order valence-corrected chi connectivity index (χ3v) is 2.72. The first-order chi connectivity index (χ1) is 7.61. The zero-order valence-corrected chi connectivity index (χ0v) is 9.70. The molecule has 0 saturated carbocycles. The summed E-state index contributed by atoms with van der Waals surface area (Å²) in [5.41, 5.74) is 2.73. The van der Waals surface area contributed by atoms with Crippen molar-refractivity contribution in [1.82, 2.24) is 4.98 Å². The highest BCUT2D eigenvalue weighted by Crippen LogP contribution is 2.22. The molecule has 0 atom stereocenters. The number of methoxy groups -OCH3 is 1. The van der Waals surface area contributed by atoms with Crippen molar-refractivity contribution in [3.8, 4) is 0 Å². The molecule has 0 bridgehead atoms. The first kappa shape index (κ1) is 10.7. The van der Waals surface area contributed by atoms with Gasteiger partial charge in [-0.25, -0.2) is 4.79 Å². The van der Waals surface area contributed by atoms with Gasteiger partial charge < -0.3 is 9.72 Å². The van der Waals surface area contributed by atoms with Crippen molar-refractivity contribution >= 4 is 16.9 Å². The molecule has 0 spiro atoms. The predicted octanol–water partition coefficient (Wildman–Crippen LogP) is 3.08. The summed E-state index contributed by atoms with van der Waals surface area (Å²) in [6.45, 7) is 4.29. The van der Waals surface area contributed by atoms with Gasteiger partial charge in [0, 0.05) is 10.9 Å². The van der Waals surface area contributed by atoms with E-state index < -0.39 is 0 Å². The number of esters is 1. The van der Waals surface area contributed by atoms with Crippen molar-refractivity contribution in [2.45, 2.75) is 19.8 Å². The highest BCUT2D eigenvalue weighted by molar-refractivity contribution is 5.94. The summed E-state index contributed by atoms with van der Waals surface area (Å²) in [6, 6.07) is 7.99. The lowest BCUT2D eigenvalue weighted by Gasteiger charge is -2.03. The van der Waals surface area contributed by atoms with Gasteiger partial charge in [0.2, 0.25) is 0 Å². The van der Waals surface area contributed by atoms with Gasteiger partial charge in [0.25, 0.3) is 0 Å². The molecule has 1 aromatic carbocycles. The van der Waals surface area contributed by atoms with Crippen LogP contribution in [0.15, 0.2) is 24.3 Å². The highest BCUT2D eigenvalue weighted by Gasteiger charge is 2.10. The van der Waals surface area contributed by atoms with Crippen LogP contribution in [0.2, 0.25) is 0 Å². The summed E-state index contributed by atoms with van der Waals surface area (Å²) in [7, 11) is 1.38. The third kappa shape index (κ3) is 1.81. The summed E-state index contributed by atoms with van der Waals surface area (Å²) in [5.74, 6) is 0.150. The normalized spacial score (nSPS) is 11.0. The van der Waals surface area contributed by atoms with Gasteiger partial charge in [0.05, 0.1) is 7.11 Å². The minimum absolute atomic E-state index is 0.331. The molecule has 0 amide bonds. The Morgan fingerprint density at radius 3 is 2.69 bits per heavy atom. The number of aromatic amines is 1. The monoisotopic (exact) mass is 217 g/mol. The summed E-state index contributed by atoms with van der Waals surface area (Å²) >= 11 is 0. The number of nitrogens with one attached hydrogen (secondary N) is 1. The molecular weight excluding hydrogens is 202 g/mol. The van der Waals surface area contributed by atoms with Crippen LogP contribution in [0.5, 0.6) is 0 Å². The lowest BCUT2D eigenvalue weighted by molar-refractivity contribution is 0.0595. The van der Waals surface area contributed by atoms with Crippen LogP contribution in [-0.4, -0.2) is 18.1 Å². The zero-order chi connectivity index (χ0) is 11.7. The second-order valence-corrected chi connectivity index (χ2v) is 4.18. The van der Waals surface area contributed by atoms with E-state index in [2.05, 4.69) is 35.7 Å². The van der Waals surface area contributed by atoms with Gasteiger partial charge in [-0.2, -0.15) is 0 Å². The van der Waals surface area contributed by atoms with Crippen LogP contribution in [0.4, 0.5) is 0 Å². The molecule has 1 N–H and O–H groups in total. The number of aromatic nitrogens is 1. The van der Waals surface area contributed by atoms with Gasteiger partial charge >= 0.3 is 5.97 Å². The third-order valence-electron chi connectivity index (χ3n) is 2.72. The number of carbonyl (C=O) groups excluding carboxylic acids is 1. The molecule has 0 aliphatic heterocycles. The minimum Gasteiger partial charge on any atom is -0.464 e. The van der Waals surface area contributed by atoms with Gasteiger partial charge in [-0.05, 0) is 23.6 Å². The smallest absolute Gasteiger partial charge is 0.354 e. The van der Waals surface area contributed by atoms with E-state index in [9.17, 15) is 4.79 Å². The standard InChI is InChI=1S/C13H15NO2/c1-8(2)9-4-5-10-7-12(13(15)16-3)14-11(10)6-9/h4-8,14H,1-3H3. The fourth-order valence-corrected chi connectivity index (χ4v) is 1.72. The van der Waals surface area contributed by atoms with Gasteiger partial charge in [-0.1, -0.05) is 26.0 Å². The first-order valence-corrected chi connectivity index (χ1v) is 5.33. The molecule has 0 aliphatic rings. The zero-order valence-electron chi connectivity index (χ0n) is 9.70. The molecule has 2 rings (SSSR count). The summed E-state index contributed by atoms with van der Waals surface area (Å²) < 4.78 is 4.67. The van der Waals surface area contributed by atoms with Gasteiger partial charge in [0.1, 0.15) is 5.69 Å². The van der Waals surface area contributed by atoms with E-state index in [0.29, 0.717) is 11.6 Å². The molecule has 0 saturated heterocycles. The van der Waals surface area contributed by atoms with Crippen molar-refractivity contribution in [3.63, 3.8) is 0 Å². The second kappa shape index (κ2) is 4.00. The van der Waals surface area contributed by atoms with E-state index in [1.54, 1.807) is 0 Å². The van der Waals surface area contributed by atoms with Crippen molar-refractivity contribution in [1.29, 1.82) is 0 Å². The van der Waals surface area contributed by atoms with Crippen molar-refractivity contribution in [3.05, 3.63) is 35.5 Å². The minimum atomic E-state index is -0.331. The molecule has 3 heteroatoms. The lowest BCUT2D eigenvalue weighted by Crippen LogP contribution is -2.00. The summed E-state index contributed by atoms with van der Waals surface area (Å²) in [5, 5.41) is 1.03. The van der Waals surface area contributed by atoms with E-state index in [1.165, 1.54) is 12.7 Å². The summed E-state index contributed by atoms with van der Waals surface area (Å²) in [6.07, 6.45) is 0. The molecule has 0 radical (unpaired) electrons. The molecule has 2 aromatic rings. The topological polar surface area (TPSA) is 42.1 Å². The molecule has 1 aromatic heterocycles. The SMILES string of the molecule is COC(=O)c1cc2ccc(C(C)C)cc2[nH]1. The van der Waals surface area contributed by atoms with Gasteiger partial charge in [-0.3, -0.25) is 0 Å². The van der Waals surface area contributed by atoms with Crippen LogP contribution in [-0.2, 0) is 4.74 Å². The number of ether oxygens (including phenoxy) is 1. The molecule has 16 heavy (non-hydrogen) atoms. The maximum atomic E-state index is 11.3. The van der Waals surface area contributed by atoms with E-state index in [0.717, 1.165) is 10.9 Å². The molecule has 1 heterocycles. The number of fused-ring (bicyclic) bond motifs is 1. The Morgan fingerprint density at radius 1 is 1.31 bits per heavy atom. The summed E-state index contributed by atoms with van der Waals surface area (Å²) in [4.78, 5) is 14.4. The van der Waals surface area contributed by atoms with Crippen LogP contribution in [0.1, 0.15) is 35.8 Å². The van der Waals surface area contributed by atoms with E-state index in [1.807, 2.05) is 12.1 Å². The van der Waals surface area contributed by atoms with E-state index >= 15 is 0 Å². The van der Waals surface area contributed by atoms with E-state index in [-0.39, 0.29) is 5.97 Å². The fraction of sp³-hybridized carbons (Fsp3) is 0.308. The number of H-pyrrole nitrogens is 1. The predicted molar refractivity (Wildman–Crippen MR) is 63.7 cm³/mol. The Hall–Kier alpha value is -1.77. The van der Waals surface area contributed by atoms with Crippen LogP contribution in [0.25, 0.3) is 10.9 Å². The van der Waals surface area contributed by atoms with Crippen LogP contribution < -0.4 is 0 Å². The Balaban J connectivity index is 2.50. The molecule has 0 unspecified atom stereocenters. The Bertz CT molecular complexity index is 526. The molecular formula is C13H15NO2. The Morgan fingerprint density at radius 2 is 2.06 bits per heavy atom. The number of hydrogen-bond donors (Lipinski definition) is 1. The largest absolute Gasteiger partial charge is 0.464 e. The fourth-order valence-electron chi connectivity index (χ4n) is 1.72. The van der Waals surface area contributed by atoms with Crippen LogP contribution >= 0.6 is 0 Å². The van der Waals surface area contributed by atoms with Crippen LogP contribution in [0, 0.1) is 0 Å². The van der Waals surface area contributed by atoms with Crippen molar-refractivity contribution < 1.29 is 9.53 Å². The van der Waals surface area contributed by atoms with Crippen LogP contribution in [0.3, 0.4) is 0 Å².